The Morgan fingerprint density at radius 1 is 1.06 bits per heavy atom. The number of carbonyl (C=O) groups is 2. The molecule has 2 aromatic rings. The number of hydrogen-bond donors (Lipinski definition) is 1. The van der Waals surface area contributed by atoms with E-state index in [4.69, 9.17) is 4.74 Å². The molecule has 0 aliphatic carbocycles. The number of hydrogen-bond acceptors (Lipinski definition) is 5. The first kappa shape index (κ1) is 23.4. The van der Waals surface area contributed by atoms with Gasteiger partial charge in [-0.2, -0.15) is 0 Å². The molecular formula is C26H32N2O4. The molecule has 0 spiro atoms. The van der Waals surface area contributed by atoms with E-state index in [0.29, 0.717) is 25.1 Å². The first-order valence-corrected chi connectivity index (χ1v) is 11.1. The Hall–Kier alpha value is -3.28. The van der Waals surface area contributed by atoms with Crippen molar-refractivity contribution < 1.29 is 19.4 Å². The minimum atomic E-state index is -0.651. The summed E-state index contributed by atoms with van der Waals surface area (Å²) in [6.45, 7) is 6.94. The van der Waals surface area contributed by atoms with Gasteiger partial charge in [0.1, 0.15) is 11.5 Å². The van der Waals surface area contributed by atoms with Crippen LogP contribution in [0.3, 0.4) is 0 Å². The molecule has 0 aromatic heterocycles. The van der Waals surface area contributed by atoms with E-state index < -0.39 is 17.7 Å². The van der Waals surface area contributed by atoms with Crippen LogP contribution in [0.2, 0.25) is 0 Å². The lowest BCUT2D eigenvalue weighted by atomic mass is 9.94. The Balaban J connectivity index is 2.09. The van der Waals surface area contributed by atoms with Gasteiger partial charge in [-0.05, 0) is 61.2 Å². The molecule has 1 unspecified atom stereocenters. The van der Waals surface area contributed by atoms with Crippen LogP contribution >= 0.6 is 0 Å². The highest BCUT2D eigenvalue weighted by Gasteiger charge is 2.45. The van der Waals surface area contributed by atoms with E-state index in [1.165, 1.54) is 0 Å². The summed E-state index contributed by atoms with van der Waals surface area (Å²) in [5.41, 5.74) is 3.29. The van der Waals surface area contributed by atoms with Gasteiger partial charge in [0, 0.05) is 31.9 Å². The van der Waals surface area contributed by atoms with Gasteiger partial charge < -0.3 is 19.6 Å². The second kappa shape index (κ2) is 9.90. The highest BCUT2D eigenvalue weighted by Crippen LogP contribution is 2.40. The molecule has 6 heteroatoms. The summed E-state index contributed by atoms with van der Waals surface area (Å²) < 4.78 is 5.72. The van der Waals surface area contributed by atoms with Crippen molar-refractivity contribution in [3.05, 3.63) is 64.7 Å². The summed E-state index contributed by atoms with van der Waals surface area (Å²) in [4.78, 5) is 29.4. The molecule has 1 saturated heterocycles. The van der Waals surface area contributed by atoms with Gasteiger partial charge in [-0.15, -0.1) is 0 Å². The Kier molecular flexibility index (Phi) is 7.23. The fourth-order valence-corrected chi connectivity index (χ4v) is 3.98. The van der Waals surface area contributed by atoms with E-state index in [-0.39, 0.29) is 11.3 Å². The Morgan fingerprint density at radius 2 is 1.75 bits per heavy atom. The number of anilines is 1. The number of amides is 1. The Bertz CT molecular complexity index is 1020. The van der Waals surface area contributed by atoms with Crippen molar-refractivity contribution in [2.45, 2.75) is 39.7 Å². The third-order valence-electron chi connectivity index (χ3n) is 5.64. The van der Waals surface area contributed by atoms with E-state index in [0.717, 1.165) is 29.0 Å². The zero-order valence-electron chi connectivity index (χ0n) is 19.5. The van der Waals surface area contributed by atoms with Crippen molar-refractivity contribution in [2.24, 2.45) is 0 Å². The lowest BCUT2D eigenvalue weighted by molar-refractivity contribution is -0.139. The number of aliphatic hydroxyl groups excluding tert-OH is 1. The zero-order valence-corrected chi connectivity index (χ0v) is 19.5. The minimum absolute atomic E-state index is 0.127. The van der Waals surface area contributed by atoms with Crippen molar-refractivity contribution in [2.75, 3.05) is 32.1 Å². The lowest BCUT2D eigenvalue weighted by Gasteiger charge is -2.25. The summed E-state index contributed by atoms with van der Waals surface area (Å²) in [7, 11) is 3.91. The molecule has 3 rings (SSSR count). The number of nitrogens with zero attached hydrogens (tertiary/aromatic N) is 2. The molecule has 1 heterocycles. The molecular weight excluding hydrogens is 404 g/mol. The maximum Gasteiger partial charge on any atom is 0.295 e. The van der Waals surface area contributed by atoms with Gasteiger partial charge in [-0.3, -0.25) is 9.59 Å². The standard InChI is InChI=1S/C26H32N2O4/c1-6-14-28-23(18-8-11-20(12-9-18)27(4)5)22(25(30)26(28)31)24(29)19-10-13-21(17(3)16-19)32-15-7-2/h8-13,16,23,29H,6-7,14-15H2,1-5H3/b24-22-. The summed E-state index contributed by atoms with van der Waals surface area (Å²) in [6.07, 6.45) is 1.61. The highest BCUT2D eigenvalue weighted by molar-refractivity contribution is 6.46. The predicted octanol–water partition coefficient (Wildman–Crippen LogP) is 4.68. The van der Waals surface area contributed by atoms with Gasteiger partial charge in [0.25, 0.3) is 11.7 Å². The number of ketones is 1. The van der Waals surface area contributed by atoms with Gasteiger partial charge in [0.2, 0.25) is 0 Å². The molecule has 1 N–H and O–H groups in total. The van der Waals surface area contributed by atoms with E-state index in [9.17, 15) is 14.7 Å². The maximum absolute atomic E-state index is 13.0. The number of aliphatic hydroxyl groups is 1. The minimum Gasteiger partial charge on any atom is -0.507 e. The van der Waals surface area contributed by atoms with Crippen LogP contribution in [-0.2, 0) is 9.59 Å². The summed E-state index contributed by atoms with van der Waals surface area (Å²) >= 11 is 0. The average Bonchev–Trinajstić information content (AvgIpc) is 3.03. The smallest absolute Gasteiger partial charge is 0.295 e. The zero-order chi connectivity index (χ0) is 23.4. The molecule has 0 bridgehead atoms. The fourth-order valence-electron chi connectivity index (χ4n) is 3.98. The largest absolute Gasteiger partial charge is 0.507 e. The second-order valence-electron chi connectivity index (χ2n) is 8.31. The maximum atomic E-state index is 13.0. The van der Waals surface area contributed by atoms with Crippen LogP contribution in [0.4, 0.5) is 5.69 Å². The van der Waals surface area contributed by atoms with Gasteiger partial charge in [-0.25, -0.2) is 0 Å². The van der Waals surface area contributed by atoms with Crippen LogP contribution < -0.4 is 9.64 Å². The monoisotopic (exact) mass is 436 g/mol. The van der Waals surface area contributed by atoms with Crippen LogP contribution in [0, 0.1) is 6.92 Å². The number of rotatable bonds is 8. The van der Waals surface area contributed by atoms with Crippen molar-refractivity contribution in [1.82, 2.24) is 4.90 Å². The van der Waals surface area contributed by atoms with Crippen LogP contribution in [0.1, 0.15) is 49.4 Å². The molecule has 1 amide bonds. The van der Waals surface area contributed by atoms with Crippen molar-refractivity contribution in [3.8, 4) is 5.75 Å². The number of aryl methyl sites for hydroxylation is 1. The first-order valence-electron chi connectivity index (χ1n) is 11.1. The molecule has 170 valence electrons. The quantitative estimate of drug-likeness (QED) is 0.370. The lowest BCUT2D eigenvalue weighted by Crippen LogP contribution is -2.30. The summed E-state index contributed by atoms with van der Waals surface area (Å²) in [5.74, 6) is -0.643. The number of Topliss-reactive ketones (excluding diaryl/α,β-unsaturated/α-hetero) is 1. The SMILES string of the molecule is CCCOc1ccc(/C(O)=C2/C(=O)C(=O)N(CCC)C2c2ccc(N(C)C)cc2)cc1C. The number of likely N-dealkylation sites (tertiary alicyclic amines) is 1. The molecule has 1 fully saturated rings. The fraction of sp³-hybridized carbons (Fsp3) is 0.385. The van der Waals surface area contributed by atoms with E-state index in [2.05, 4.69) is 0 Å². The average molecular weight is 437 g/mol. The molecule has 1 atom stereocenters. The number of ether oxygens (including phenoxy) is 1. The Morgan fingerprint density at radius 3 is 2.31 bits per heavy atom. The molecule has 32 heavy (non-hydrogen) atoms. The third kappa shape index (κ3) is 4.49. The van der Waals surface area contributed by atoms with E-state index >= 15 is 0 Å². The van der Waals surface area contributed by atoms with Crippen molar-refractivity contribution >= 4 is 23.1 Å². The predicted molar refractivity (Wildman–Crippen MR) is 127 cm³/mol. The van der Waals surface area contributed by atoms with Crippen molar-refractivity contribution in [1.29, 1.82) is 0 Å². The van der Waals surface area contributed by atoms with E-state index in [1.54, 1.807) is 23.1 Å². The van der Waals surface area contributed by atoms with Crippen molar-refractivity contribution in [3.63, 3.8) is 0 Å². The number of carbonyl (C=O) groups excluding carboxylic acids is 2. The highest BCUT2D eigenvalue weighted by atomic mass is 16.5. The molecule has 0 radical (unpaired) electrons. The second-order valence-corrected chi connectivity index (χ2v) is 8.31. The van der Waals surface area contributed by atoms with Gasteiger partial charge in [0.05, 0.1) is 18.2 Å². The molecule has 6 nitrogen and oxygen atoms in total. The molecule has 2 aromatic carbocycles. The first-order chi connectivity index (χ1) is 15.3. The van der Waals surface area contributed by atoms with Gasteiger partial charge in [0.15, 0.2) is 0 Å². The normalized spacial score (nSPS) is 17.7. The van der Waals surface area contributed by atoms with Crippen LogP contribution in [0.15, 0.2) is 48.0 Å². The third-order valence-corrected chi connectivity index (χ3v) is 5.64. The van der Waals surface area contributed by atoms with Gasteiger partial charge in [-0.1, -0.05) is 26.0 Å². The van der Waals surface area contributed by atoms with Crippen LogP contribution in [0.5, 0.6) is 5.75 Å². The summed E-state index contributed by atoms with van der Waals surface area (Å²) in [5, 5.41) is 11.2. The van der Waals surface area contributed by atoms with Gasteiger partial charge >= 0.3 is 0 Å². The molecule has 1 aliphatic heterocycles. The van der Waals surface area contributed by atoms with Crippen LogP contribution in [-0.4, -0.2) is 48.9 Å². The Labute approximate surface area is 190 Å². The summed E-state index contributed by atoms with van der Waals surface area (Å²) in [6, 6.07) is 12.4. The molecule has 1 aliphatic rings. The number of benzene rings is 2. The molecule has 0 saturated carbocycles. The van der Waals surface area contributed by atoms with Crippen LogP contribution in [0.25, 0.3) is 5.76 Å². The van der Waals surface area contributed by atoms with E-state index in [1.807, 2.05) is 64.0 Å². The topological polar surface area (TPSA) is 70.1 Å².